The summed E-state index contributed by atoms with van der Waals surface area (Å²) >= 11 is 0. The third-order valence-electron chi connectivity index (χ3n) is 4.53. The van der Waals surface area contributed by atoms with E-state index in [4.69, 9.17) is 4.52 Å². The molecule has 1 aromatic carbocycles. The van der Waals surface area contributed by atoms with Gasteiger partial charge in [-0.2, -0.15) is 0 Å². The molecule has 0 bridgehead atoms. The summed E-state index contributed by atoms with van der Waals surface area (Å²) in [7, 11) is 0. The van der Waals surface area contributed by atoms with Crippen molar-refractivity contribution < 1.29 is 27.2 Å². The van der Waals surface area contributed by atoms with E-state index < -0.39 is 6.36 Å². The molecule has 1 aromatic heterocycles. The second-order valence-corrected chi connectivity index (χ2v) is 6.55. The van der Waals surface area contributed by atoms with Crippen LogP contribution in [-0.4, -0.2) is 37.1 Å². The van der Waals surface area contributed by atoms with Gasteiger partial charge >= 0.3 is 6.36 Å². The Hall–Kier alpha value is -2.71. The highest BCUT2D eigenvalue weighted by Crippen LogP contribution is 2.28. The van der Waals surface area contributed by atoms with Crippen molar-refractivity contribution in [2.75, 3.05) is 24.5 Å². The highest BCUT2D eigenvalue weighted by atomic mass is 19.4. The van der Waals surface area contributed by atoms with Gasteiger partial charge in [-0.1, -0.05) is 5.16 Å². The van der Waals surface area contributed by atoms with Gasteiger partial charge < -0.3 is 19.5 Å². The molecule has 1 amide bonds. The molecule has 0 radical (unpaired) electrons. The number of hydrogen-bond donors (Lipinski definition) is 1. The van der Waals surface area contributed by atoms with E-state index in [0.717, 1.165) is 18.7 Å². The number of aryl methyl sites for hydroxylation is 2. The van der Waals surface area contributed by atoms with Gasteiger partial charge in [-0.05, 0) is 50.5 Å². The van der Waals surface area contributed by atoms with Crippen LogP contribution < -0.4 is 15.0 Å². The number of alkyl halides is 3. The molecule has 0 saturated carbocycles. The summed E-state index contributed by atoms with van der Waals surface area (Å²) in [4.78, 5) is 14.4. The number of aromatic nitrogens is 1. The fourth-order valence-corrected chi connectivity index (χ4v) is 3.22. The number of carbonyl (C=O) groups is 1. The zero-order chi connectivity index (χ0) is 19.6. The minimum Gasteiger partial charge on any atom is -0.406 e. The number of rotatable bonds is 5. The minimum absolute atomic E-state index is 0.210. The smallest absolute Gasteiger partial charge is 0.406 e. The van der Waals surface area contributed by atoms with E-state index in [1.165, 1.54) is 12.1 Å². The fraction of sp³-hybridized carbons (Fsp3) is 0.444. The van der Waals surface area contributed by atoms with Gasteiger partial charge in [0.1, 0.15) is 17.1 Å². The van der Waals surface area contributed by atoms with Gasteiger partial charge in [-0.3, -0.25) is 4.79 Å². The number of benzene rings is 1. The van der Waals surface area contributed by atoms with E-state index in [1.807, 2.05) is 0 Å². The lowest BCUT2D eigenvalue weighted by atomic mass is 10.1. The van der Waals surface area contributed by atoms with E-state index in [9.17, 15) is 18.0 Å². The molecule has 1 fully saturated rings. The zero-order valence-electron chi connectivity index (χ0n) is 15.0. The van der Waals surface area contributed by atoms with Gasteiger partial charge in [0.15, 0.2) is 0 Å². The Kier molecular flexibility index (Phi) is 5.29. The Morgan fingerprint density at radius 2 is 2.04 bits per heavy atom. The average molecular weight is 383 g/mol. The molecule has 1 N–H and O–H groups in total. The van der Waals surface area contributed by atoms with Crippen molar-refractivity contribution in [3.05, 3.63) is 41.3 Å². The molecule has 0 unspecified atom stereocenters. The van der Waals surface area contributed by atoms with Crippen LogP contribution in [0.3, 0.4) is 0 Å². The van der Waals surface area contributed by atoms with Crippen LogP contribution in [0, 0.1) is 19.8 Å². The normalized spacial score (nSPS) is 17.2. The van der Waals surface area contributed by atoms with Crippen molar-refractivity contribution in [3.8, 4) is 5.75 Å². The molecule has 2 heterocycles. The second-order valence-electron chi connectivity index (χ2n) is 6.55. The number of ether oxygens (including phenoxy) is 1. The largest absolute Gasteiger partial charge is 0.573 e. The van der Waals surface area contributed by atoms with Crippen molar-refractivity contribution in [3.63, 3.8) is 0 Å². The maximum absolute atomic E-state index is 12.3. The van der Waals surface area contributed by atoms with Crippen LogP contribution in [0.5, 0.6) is 5.75 Å². The van der Waals surface area contributed by atoms with E-state index in [1.54, 1.807) is 26.0 Å². The summed E-state index contributed by atoms with van der Waals surface area (Å²) in [6, 6.07) is 5.81. The van der Waals surface area contributed by atoms with Crippen molar-refractivity contribution in [2.45, 2.75) is 26.6 Å². The molecule has 6 nitrogen and oxygen atoms in total. The van der Waals surface area contributed by atoms with Gasteiger partial charge in [-0.25, -0.2) is 0 Å². The van der Waals surface area contributed by atoms with E-state index >= 15 is 0 Å². The highest BCUT2D eigenvalue weighted by Gasteiger charge is 2.31. The molecular formula is C18H20F3N3O3. The van der Waals surface area contributed by atoms with Gasteiger partial charge in [0, 0.05) is 25.3 Å². The quantitative estimate of drug-likeness (QED) is 0.857. The lowest BCUT2D eigenvalue weighted by Crippen LogP contribution is -2.31. The third kappa shape index (κ3) is 4.72. The third-order valence-corrected chi connectivity index (χ3v) is 4.53. The maximum Gasteiger partial charge on any atom is 0.573 e. The summed E-state index contributed by atoms with van der Waals surface area (Å²) in [5.74, 6) is 0.284. The maximum atomic E-state index is 12.3. The van der Waals surface area contributed by atoms with Crippen molar-refractivity contribution in [1.82, 2.24) is 10.5 Å². The zero-order valence-corrected chi connectivity index (χ0v) is 15.0. The average Bonchev–Trinajstić information content (AvgIpc) is 3.19. The number of carbonyl (C=O) groups excluding carboxylic acids is 1. The number of halogens is 3. The predicted octanol–water partition coefficient (Wildman–Crippen LogP) is 3.45. The highest BCUT2D eigenvalue weighted by molar-refractivity contribution is 5.96. The van der Waals surface area contributed by atoms with Crippen LogP contribution >= 0.6 is 0 Å². The first-order chi connectivity index (χ1) is 12.7. The number of nitrogens with zero attached hydrogens (tertiary/aromatic N) is 2. The minimum atomic E-state index is -4.69. The lowest BCUT2D eigenvalue weighted by Gasteiger charge is -2.19. The summed E-state index contributed by atoms with van der Waals surface area (Å²) in [6.45, 7) is 5.40. The molecule has 27 heavy (non-hydrogen) atoms. The first-order valence-corrected chi connectivity index (χ1v) is 8.55. The van der Waals surface area contributed by atoms with Gasteiger partial charge in [-0.15, -0.1) is 13.2 Å². The Morgan fingerprint density at radius 1 is 1.33 bits per heavy atom. The van der Waals surface area contributed by atoms with Crippen LogP contribution in [0.1, 0.15) is 28.2 Å². The summed E-state index contributed by atoms with van der Waals surface area (Å²) in [5.41, 5.74) is 1.84. The monoisotopic (exact) mass is 383 g/mol. The summed E-state index contributed by atoms with van der Waals surface area (Å²) in [6.07, 6.45) is -3.82. The van der Waals surface area contributed by atoms with Crippen molar-refractivity contribution >= 4 is 11.6 Å². The SMILES string of the molecule is Cc1noc(C)c1C(=O)NC[C@H]1CCN(c2ccc(OC(F)(F)F)cc2)C1. The fourth-order valence-electron chi connectivity index (χ4n) is 3.22. The molecule has 1 aliphatic heterocycles. The van der Waals surface area contributed by atoms with Crippen LogP contribution in [0.15, 0.2) is 28.8 Å². The molecule has 1 atom stereocenters. The Labute approximate surface area is 154 Å². The Morgan fingerprint density at radius 3 is 2.63 bits per heavy atom. The van der Waals surface area contributed by atoms with E-state index in [2.05, 4.69) is 20.1 Å². The van der Waals surface area contributed by atoms with E-state index in [-0.39, 0.29) is 17.6 Å². The van der Waals surface area contributed by atoms with Gasteiger partial charge in [0.2, 0.25) is 0 Å². The van der Waals surface area contributed by atoms with Crippen molar-refractivity contribution in [2.24, 2.45) is 5.92 Å². The van der Waals surface area contributed by atoms with Crippen LogP contribution in [0.2, 0.25) is 0 Å². The summed E-state index contributed by atoms with van der Waals surface area (Å²) in [5, 5.41) is 6.68. The molecule has 9 heteroatoms. The molecule has 1 saturated heterocycles. The topological polar surface area (TPSA) is 67.6 Å². The Balaban J connectivity index is 1.52. The van der Waals surface area contributed by atoms with Crippen molar-refractivity contribution in [1.29, 1.82) is 0 Å². The van der Waals surface area contributed by atoms with E-state index in [0.29, 0.717) is 30.1 Å². The number of amides is 1. The molecule has 0 spiro atoms. The molecule has 1 aliphatic rings. The first-order valence-electron chi connectivity index (χ1n) is 8.55. The number of anilines is 1. The predicted molar refractivity (Wildman–Crippen MR) is 91.8 cm³/mol. The molecule has 2 aromatic rings. The standard InChI is InChI=1S/C18H20F3N3O3/c1-11-16(12(2)27-23-11)17(25)22-9-13-7-8-24(10-13)14-3-5-15(6-4-14)26-18(19,20)21/h3-6,13H,7-10H2,1-2H3,(H,22,25)/t13-/m1/s1. The Bertz CT molecular complexity index is 783. The number of nitrogens with one attached hydrogen (secondary N) is 1. The van der Waals surface area contributed by atoms with Gasteiger partial charge in [0.25, 0.3) is 5.91 Å². The van der Waals surface area contributed by atoms with Crippen LogP contribution in [0.4, 0.5) is 18.9 Å². The molecule has 0 aliphatic carbocycles. The van der Waals surface area contributed by atoms with Gasteiger partial charge in [0.05, 0.1) is 5.69 Å². The second kappa shape index (κ2) is 7.50. The summed E-state index contributed by atoms with van der Waals surface area (Å²) < 4.78 is 45.5. The molecule has 146 valence electrons. The molecular weight excluding hydrogens is 363 g/mol. The molecule has 3 rings (SSSR count). The van der Waals surface area contributed by atoms with Crippen LogP contribution in [-0.2, 0) is 0 Å². The first kappa shape index (κ1) is 19.1. The van der Waals surface area contributed by atoms with Crippen LogP contribution in [0.25, 0.3) is 0 Å². The lowest BCUT2D eigenvalue weighted by molar-refractivity contribution is -0.274. The number of hydrogen-bond acceptors (Lipinski definition) is 5.